The number of carbonyl (C=O) groups excluding carboxylic acids is 1. The molecular weight excluding hydrogens is 573 g/mol. The Labute approximate surface area is 239 Å². The standard InChI is InChI=1S/C28H23ClFN5O3S2/c1-2-40(25-13-12-24(29)39-25)34-27(37)32-19-6-9-21(10-7-19)35-26(36)22-11-8-20(15-23(22)33-28(35)38)31-16-17-4-3-5-18(30)14-17/h2-15,31H,16H2,1H3,(H,33,38)(H2,32,34,37). The summed E-state index contributed by atoms with van der Waals surface area (Å²) < 4.78 is 18.9. The fraction of sp³-hybridized carbons (Fsp3) is 0.0714. The van der Waals surface area contributed by atoms with Crippen molar-refractivity contribution in [2.45, 2.75) is 17.7 Å². The quantitative estimate of drug-likeness (QED) is 0.165. The van der Waals surface area contributed by atoms with E-state index in [0.717, 1.165) is 14.3 Å². The number of thiophene rings is 1. The summed E-state index contributed by atoms with van der Waals surface area (Å²) in [6.45, 7) is 2.23. The van der Waals surface area contributed by atoms with Crippen molar-refractivity contribution in [3.8, 4) is 5.69 Å². The van der Waals surface area contributed by atoms with Crippen LogP contribution in [-0.2, 0) is 6.54 Å². The normalized spacial score (nSPS) is 11.9. The van der Waals surface area contributed by atoms with Gasteiger partial charge >= 0.3 is 11.7 Å². The third-order valence-electron chi connectivity index (χ3n) is 5.87. The summed E-state index contributed by atoms with van der Waals surface area (Å²) in [5, 5.41) is 8.14. The molecule has 0 spiro atoms. The Balaban J connectivity index is 1.31. The highest BCUT2D eigenvalue weighted by atomic mass is 35.5. The van der Waals surface area contributed by atoms with Crippen molar-refractivity contribution in [2.24, 2.45) is 0 Å². The fourth-order valence-electron chi connectivity index (χ4n) is 4.01. The zero-order valence-corrected chi connectivity index (χ0v) is 23.4. The van der Waals surface area contributed by atoms with Gasteiger partial charge in [0.25, 0.3) is 5.56 Å². The number of aromatic amines is 1. The molecule has 2 amide bonds. The maximum atomic E-state index is 13.4. The lowest BCUT2D eigenvalue weighted by Crippen LogP contribution is -2.33. The molecule has 2 heterocycles. The Morgan fingerprint density at radius 2 is 1.82 bits per heavy atom. The Hall–Kier alpha value is -4.19. The molecule has 0 fully saturated rings. The van der Waals surface area contributed by atoms with Gasteiger partial charge in [0, 0.05) is 17.9 Å². The number of aromatic nitrogens is 2. The highest BCUT2D eigenvalue weighted by molar-refractivity contribution is 8.15. The summed E-state index contributed by atoms with van der Waals surface area (Å²) >= 11 is 7.41. The number of benzene rings is 3. The van der Waals surface area contributed by atoms with E-state index in [9.17, 15) is 18.8 Å². The molecule has 0 aliphatic carbocycles. The number of urea groups is 1. The third kappa shape index (κ3) is 6.17. The Morgan fingerprint density at radius 1 is 1.05 bits per heavy atom. The number of hydrogen-bond donors (Lipinski definition) is 4. The maximum Gasteiger partial charge on any atom is 0.333 e. The first kappa shape index (κ1) is 27.4. The summed E-state index contributed by atoms with van der Waals surface area (Å²) in [6, 6.07) is 20.9. The largest absolute Gasteiger partial charge is 0.381 e. The third-order valence-corrected chi connectivity index (χ3v) is 9.13. The van der Waals surface area contributed by atoms with Crippen molar-refractivity contribution < 1.29 is 9.18 Å². The van der Waals surface area contributed by atoms with Crippen molar-refractivity contribution in [3.63, 3.8) is 0 Å². The highest BCUT2D eigenvalue weighted by Gasteiger charge is 2.12. The van der Waals surface area contributed by atoms with Crippen molar-refractivity contribution in [3.05, 3.63) is 115 Å². The molecule has 5 aromatic rings. The van der Waals surface area contributed by atoms with E-state index >= 15 is 0 Å². The Morgan fingerprint density at radius 3 is 2.52 bits per heavy atom. The van der Waals surface area contributed by atoms with Crippen LogP contribution in [0, 0.1) is 5.82 Å². The lowest BCUT2D eigenvalue weighted by atomic mass is 10.2. The zero-order valence-electron chi connectivity index (χ0n) is 21.0. The molecule has 1 unspecified atom stereocenters. The SMILES string of the molecule is C/C=S(/NC(=O)Nc1ccc(-n2c(=O)[nH]c3cc(NCc4cccc(F)c4)ccc3c2=O)cc1)c1ccc(Cl)s1. The van der Waals surface area contributed by atoms with E-state index in [2.05, 4.69) is 20.3 Å². The van der Waals surface area contributed by atoms with Crippen LogP contribution in [0.1, 0.15) is 12.5 Å². The lowest BCUT2D eigenvalue weighted by molar-refractivity contribution is 0.257. The summed E-state index contributed by atoms with van der Waals surface area (Å²) in [5.41, 5.74) is 1.56. The van der Waals surface area contributed by atoms with Crippen LogP contribution >= 0.6 is 33.6 Å². The highest BCUT2D eigenvalue weighted by Crippen LogP contribution is 2.33. The minimum absolute atomic E-state index is 0.321. The Bertz CT molecular complexity index is 1860. The van der Waals surface area contributed by atoms with Crippen LogP contribution < -0.4 is 26.6 Å². The molecule has 12 heteroatoms. The molecule has 40 heavy (non-hydrogen) atoms. The number of fused-ring (bicyclic) bond motifs is 1. The number of amides is 2. The fourth-order valence-corrected chi connectivity index (χ4v) is 6.88. The molecule has 8 nitrogen and oxygen atoms in total. The smallest absolute Gasteiger partial charge is 0.333 e. The van der Waals surface area contributed by atoms with Gasteiger partial charge in [-0.15, -0.1) is 11.3 Å². The molecule has 0 bridgehead atoms. The van der Waals surface area contributed by atoms with E-state index in [-0.39, 0.29) is 5.82 Å². The van der Waals surface area contributed by atoms with Crippen LogP contribution in [0.25, 0.3) is 16.6 Å². The molecular formula is C28H23ClFN5O3S2. The van der Waals surface area contributed by atoms with E-state index in [4.69, 9.17) is 11.6 Å². The molecule has 0 saturated carbocycles. The summed E-state index contributed by atoms with van der Waals surface area (Å²) in [6.07, 6.45) is 0. The number of rotatable bonds is 7. The molecule has 1 atom stereocenters. The minimum atomic E-state index is -0.609. The van der Waals surface area contributed by atoms with E-state index in [1.165, 1.54) is 23.5 Å². The van der Waals surface area contributed by atoms with Gasteiger partial charge in [-0.2, -0.15) is 0 Å². The molecule has 0 aliphatic heterocycles. The Kier molecular flexibility index (Phi) is 8.15. The predicted molar refractivity (Wildman–Crippen MR) is 163 cm³/mol. The number of halogens is 2. The van der Waals surface area contributed by atoms with Crippen molar-refractivity contribution >= 4 is 67.3 Å². The maximum absolute atomic E-state index is 13.4. The van der Waals surface area contributed by atoms with Gasteiger partial charge in [-0.1, -0.05) is 34.4 Å². The van der Waals surface area contributed by atoms with Gasteiger partial charge in [0.2, 0.25) is 0 Å². The van der Waals surface area contributed by atoms with Crippen molar-refractivity contribution in [2.75, 3.05) is 10.6 Å². The van der Waals surface area contributed by atoms with E-state index in [0.29, 0.717) is 38.8 Å². The number of anilines is 2. The number of nitrogens with one attached hydrogen (secondary N) is 4. The number of carbonyl (C=O) groups is 1. The second kappa shape index (κ2) is 11.9. The van der Waals surface area contributed by atoms with E-state index in [1.54, 1.807) is 60.7 Å². The molecule has 204 valence electrons. The average Bonchev–Trinajstić information content (AvgIpc) is 3.37. The van der Waals surface area contributed by atoms with Crippen molar-refractivity contribution in [1.29, 1.82) is 0 Å². The van der Waals surface area contributed by atoms with Gasteiger partial charge in [0.05, 0.1) is 25.1 Å². The zero-order chi connectivity index (χ0) is 28.2. The van der Waals surface area contributed by atoms with E-state index < -0.39 is 28.0 Å². The monoisotopic (exact) mass is 595 g/mol. The molecule has 3 aromatic carbocycles. The van der Waals surface area contributed by atoms with Crippen LogP contribution in [0.5, 0.6) is 0 Å². The van der Waals surface area contributed by atoms with Gasteiger partial charge in [-0.25, -0.2) is 18.5 Å². The summed E-state index contributed by atoms with van der Waals surface area (Å²) in [5.74, 6) is -0.321. The van der Waals surface area contributed by atoms with E-state index in [1.807, 2.05) is 18.4 Å². The molecule has 0 saturated heterocycles. The molecule has 0 aliphatic rings. The molecule has 5 rings (SSSR count). The number of hydrogen-bond acceptors (Lipinski definition) is 5. The minimum Gasteiger partial charge on any atom is -0.381 e. The van der Waals surface area contributed by atoms with Gasteiger partial charge in [-0.3, -0.25) is 9.52 Å². The topological polar surface area (TPSA) is 108 Å². The van der Waals surface area contributed by atoms with Crippen LogP contribution in [0.3, 0.4) is 0 Å². The van der Waals surface area contributed by atoms with Gasteiger partial charge in [0.15, 0.2) is 0 Å². The number of H-pyrrole nitrogens is 1. The van der Waals surface area contributed by atoms with Crippen LogP contribution in [0.2, 0.25) is 4.34 Å². The number of nitrogens with zero attached hydrogens (tertiary/aromatic N) is 1. The average molecular weight is 596 g/mol. The molecule has 2 aromatic heterocycles. The first-order valence-corrected chi connectivity index (χ1v) is 14.5. The van der Waals surface area contributed by atoms with Gasteiger partial charge < -0.3 is 15.6 Å². The second-order valence-electron chi connectivity index (χ2n) is 8.55. The van der Waals surface area contributed by atoms with Crippen molar-refractivity contribution in [1.82, 2.24) is 14.3 Å². The predicted octanol–water partition coefficient (Wildman–Crippen LogP) is 6.33. The van der Waals surface area contributed by atoms with Gasteiger partial charge in [-0.05, 0) is 84.6 Å². The first-order chi connectivity index (χ1) is 19.3. The lowest BCUT2D eigenvalue weighted by Gasteiger charge is -2.12. The van der Waals surface area contributed by atoms with Gasteiger partial charge in [0.1, 0.15) is 5.82 Å². The summed E-state index contributed by atoms with van der Waals surface area (Å²) in [7, 11) is -0.609. The van der Waals surface area contributed by atoms with Crippen LogP contribution in [0.4, 0.5) is 20.6 Å². The van der Waals surface area contributed by atoms with Crippen LogP contribution in [0.15, 0.2) is 92.7 Å². The molecule has 4 N–H and O–H groups in total. The first-order valence-electron chi connectivity index (χ1n) is 12.0. The van der Waals surface area contributed by atoms with Crippen LogP contribution in [-0.4, -0.2) is 20.9 Å². The second-order valence-corrected chi connectivity index (χ2v) is 12.3. The molecule has 0 radical (unpaired) electrons. The summed E-state index contributed by atoms with van der Waals surface area (Å²) in [4.78, 5) is 41.4.